The van der Waals surface area contributed by atoms with E-state index in [4.69, 9.17) is 5.11 Å². The summed E-state index contributed by atoms with van der Waals surface area (Å²) in [5.41, 5.74) is 1.04. The zero-order chi connectivity index (χ0) is 18.4. The summed E-state index contributed by atoms with van der Waals surface area (Å²) in [6, 6.07) is 5.09. The van der Waals surface area contributed by atoms with Crippen LogP contribution in [0.2, 0.25) is 0 Å². The van der Waals surface area contributed by atoms with Crippen LogP contribution in [-0.4, -0.2) is 49.7 Å². The quantitative estimate of drug-likeness (QED) is 0.386. The average Bonchev–Trinajstić information content (AvgIpc) is 3.42. The predicted molar refractivity (Wildman–Crippen MR) is 89.3 cm³/mol. The highest BCUT2D eigenvalue weighted by molar-refractivity contribution is 6.07. The summed E-state index contributed by atoms with van der Waals surface area (Å²) < 4.78 is 4.52. The smallest absolute Gasteiger partial charge is 0.338 e. The SMILES string of the molecule is CNC(=O)C(NC(=O)c1ccc(C#C[C@@H]2C[C@H]2CO)cc1)C(=O)OC. The van der Waals surface area contributed by atoms with Gasteiger partial charge in [-0.25, -0.2) is 4.79 Å². The second-order valence-electron chi connectivity index (χ2n) is 5.68. The number of rotatable bonds is 5. The fourth-order valence-corrected chi connectivity index (χ4v) is 2.22. The van der Waals surface area contributed by atoms with E-state index >= 15 is 0 Å². The maximum absolute atomic E-state index is 12.2. The molecule has 7 nitrogen and oxygen atoms in total. The van der Waals surface area contributed by atoms with Gasteiger partial charge >= 0.3 is 5.97 Å². The maximum Gasteiger partial charge on any atom is 0.338 e. The highest BCUT2D eigenvalue weighted by atomic mass is 16.5. The van der Waals surface area contributed by atoms with E-state index in [1.54, 1.807) is 24.3 Å². The molecule has 0 heterocycles. The van der Waals surface area contributed by atoms with Gasteiger partial charge in [-0.2, -0.15) is 0 Å². The molecule has 1 unspecified atom stereocenters. The van der Waals surface area contributed by atoms with Crippen molar-refractivity contribution in [3.05, 3.63) is 35.4 Å². The first-order valence-corrected chi connectivity index (χ1v) is 7.83. The Balaban J connectivity index is 2.01. The molecule has 0 radical (unpaired) electrons. The van der Waals surface area contributed by atoms with Crippen LogP contribution in [0.4, 0.5) is 0 Å². The number of benzene rings is 1. The van der Waals surface area contributed by atoms with Crippen molar-refractivity contribution >= 4 is 17.8 Å². The molecule has 0 aliphatic heterocycles. The summed E-state index contributed by atoms with van der Waals surface area (Å²) in [7, 11) is 2.50. The van der Waals surface area contributed by atoms with Gasteiger partial charge in [0.2, 0.25) is 6.04 Å². The van der Waals surface area contributed by atoms with Crippen molar-refractivity contribution in [2.75, 3.05) is 20.8 Å². The van der Waals surface area contributed by atoms with Crippen molar-refractivity contribution < 1.29 is 24.2 Å². The number of likely N-dealkylation sites (N-methyl/N-ethyl adjacent to an activating group) is 1. The number of hydrogen-bond donors (Lipinski definition) is 3. The van der Waals surface area contributed by atoms with E-state index in [2.05, 4.69) is 27.2 Å². The summed E-state index contributed by atoms with van der Waals surface area (Å²) in [6.07, 6.45) is 0.915. The molecule has 0 spiro atoms. The summed E-state index contributed by atoms with van der Waals surface area (Å²) in [4.78, 5) is 35.5. The first-order valence-electron chi connectivity index (χ1n) is 7.83. The normalized spacial score (nSPS) is 19.0. The molecular weight excluding hydrogens is 324 g/mol. The van der Waals surface area contributed by atoms with Gasteiger partial charge in [-0.05, 0) is 36.6 Å². The van der Waals surface area contributed by atoms with E-state index in [1.807, 2.05) is 0 Å². The minimum Gasteiger partial charge on any atom is -0.467 e. The fraction of sp³-hybridized carbons (Fsp3) is 0.389. The van der Waals surface area contributed by atoms with Crippen LogP contribution < -0.4 is 10.6 Å². The van der Waals surface area contributed by atoms with Gasteiger partial charge in [0.05, 0.1) is 7.11 Å². The number of nitrogens with one attached hydrogen (secondary N) is 2. The van der Waals surface area contributed by atoms with Crippen molar-refractivity contribution in [1.82, 2.24) is 10.6 Å². The highest BCUT2D eigenvalue weighted by Gasteiger charge is 2.34. The van der Waals surface area contributed by atoms with Crippen LogP contribution in [0.1, 0.15) is 22.3 Å². The van der Waals surface area contributed by atoms with Gasteiger partial charge in [-0.3, -0.25) is 9.59 Å². The van der Waals surface area contributed by atoms with Crippen molar-refractivity contribution in [3.63, 3.8) is 0 Å². The van der Waals surface area contributed by atoms with E-state index in [0.29, 0.717) is 5.56 Å². The number of methoxy groups -OCH3 is 1. The Morgan fingerprint density at radius 3 is 2.52 bits per heavy atom. The van der Waals surface area contributed by atoms with Crippen molar-refractivity contribution in [3.8, 4) is 11.8 Å². The second kappa shape index (κ2) is 8.31. The third kappa shape index (κ3) is 4.81. The standard InChI is InChI=1S/C18H20N2O5/c1-19-17(23)15(18(24)25-2)20-16(22)12-6-3-11(4-7-12)5-8-13-9-14(13)10-21/h3-4,6-7,13-15,21H,9-10H2,1-2H3,(H,19,23)(H,20,22)/t13-,14+,15?/m1/s1. The van der Waals surface area contributed by atoms with E-state index in [9.17, 15) is 14.4 Å². The number of aliphatic hydroxyl groups excluding tert-OH is 1. The number of carbonyl (C=O) groups excluding carboxylic acids is 3. The van der Waals surface area contributed by atoms with E-state index in [0.717, 1.165) is 19.1 Å². The predicted octanol–water partition coefficient (Wildman–Crippen LogP) is -0.316. The average molecular weight is 344 g/mol. The minimum absolute atomic E-state index is 0.158. The molecule has 0 bridgehead atoms. The molecule has 1 aromatic carbocycles. The number of ether oxygens (including phenoxy) is 1. The van der Waals surface area contributed by atoms with Gasteiger partial charge in [0, 0.05) is 30.7 Å². The van der Waals surface area contributed by atoms with Gasteiger partial charge in [0.15, 0.2) is 0 Å². The van der Waals surface area contributed by atoms with E-state index < -0.39 is 23.8 Å². The van der Waals surface area contributed by atoms with Crippen molar-refractivity contribution in [2.24, 2.45) is 11.8 Å². The van der Waals surface area contributed by atoms with Crippen molar-refractivity contribution in [2.45, 2.75) is 12.5 Å². The van der Waals surface area contributed by atoms with Crippen LogP contribution >= 0.6 is 0 Å². The lowest BCUT2D eigenvalue weighted by Crippen LogP contribution is -2.51. The Labute approximate surface area is 145 Å². The molecule has 1 saturated carbocycles. The molecule has 1 aromatic rings. The Kier molecular flexibility index (Phi) is 6.14. The Morgan fingerprint density at radius 2 is 2.00 bits per heavy atom. The molecule has 1 aliphatic carbocycles. The molecule has 0 aromatic heterocycles. The summed E-state index contributed by atoms with van der Waals surface area (Å²) in [5.74, 6) is 4.51. The molecular formula is C18H20N2O5. The van der Waals surface area contributed by atoms with Crippen LogP contribution in [0.3, 0.4) is 0 Å². The Hall–Kier alpha value is -2.85. The molecule has 3 N–H and O–H groups in total. The minimum atomic E-state index is -1.41. The first kappa shape index (κ1) is 18.5. The lowest BCUT2D eigenvalue weighted by molar-refractivity contribution is -0.146. The second-order valence-corrected chi connectivity index (χ2v) is 5.68. The molecule has 1 fully saturated rings. The first-order chi connectivity index (χ1) is 12.0. The van der Waals surface area contributed by atoms with Crippen LogP contribution in [0, 0.1) is 23.7 Å². The molecule has 25 heavy (non-hydrogen) atoms. The Morgan fingerprint density at radius 1 is 1.32 bits per heavy atom. The summed E-state index contributed by atoms with van der Waals surface area (Å²) in [6.45, 7) is 0.158. The monoisotopic (exact) mass is 344 g/mol. The van der Waals surface area contributed by atoms with E-state index in [1.165, 1.54) is 7.05 Å². The number of aliphatic hydroxyl groups is 1. The van der Waals surface area contributed by atoms with Crippen LogP contribution in [0.5, 0.6) is 0 Å². The molecule has 2 rings (SSSR count). The van der Waals surface area contributed by atoms with Crippen LogP contribution in [0.25, 0.3) is 0 Å². The largest absolute Gasteiger partial charge is 0.467 e. The highest BCUT2D eigenvalue weighted by Crippen LogP contribution is 2.36. The van der Waals surface area contributed by atoms with Crippen LogP contribution in [0.15, 0.2) is 24.3 Å². The van der Waals surface area contributed by atoms with E-state index in [-0.39, 0.29) is 18.4 Å². The molecule has 132 valence electrons. The lowest BCUT2D eigenvalue weighted by Gasteiger charge is -2.14. The van der Waals surface area contributed by atoms with Crippen molar-refractivity contribution in [1.29, 1.82) is 0 Å². The zero-order valence-electron chi connectivity index (χ0n) is 14.0. The van der Waals surface area contributed by atoms with Gasteiger partial charge in [-0.15, -0.1) is 0 Å². The van der Waals surface area contributed by atoms with Crippen LogP contribution in [-0.2, 0) is 14.3 Å². The molecule has 7 heteroatoms. The van der Waals surface area contributed by atoms with Gasteiger partial charge in [-0.1, -0.05) is 11.8 Å². The Bertz CT molecular complexity index is 701. The molecule has 0 saturated heterocycles. The maximum atomic E-state index is 12.2. The summed E-state index contributed by atoms with van der Waals surface area (Å²) >= 11 is 0. The van der Waals surface area contributed by atoms with Gasteiger partial charge in [0.1, 0.15) is 0 Å². The summed E-state index contributed by atoms with van der Waals surface area (Å²) in [5, 5.41) is 13.6. The number of carbonyl (C=O) groups is 3. The number of hydrogen-bond acceptors (Lipinski definition) is 5. The zero-order valence-corrected chi connectivity index (χ0v) is 14.0. The lowest BCUT2D eigenvalue weighted by atomic mass is 10.1. The number of amides is 2. The topological polar surface area (TPSA) is 105 Å². The molecule has 2 amide bonds. The fourth-order valence-electron chi connectivity index (χ4n) is 2.22. The third-order valence-corrected chi connectivity index (χ3v) is 3.93. The number of esters is 1. The molecule has 1 aliphatic rings. The van der Waals surface area contributed by atoms with Gasteiger partial charge < -0.3 is 20.5 Å². The third-order valence-electron chi connectivity index (χ3n) is 3.93. The molecule has 3 atom stereocenters. The van der Waals surface area contributed by atoms with Gasteiger partial charge in [0.25, 0.3) is 11.8 Å².